The highest BCUT2D eigenvalue weighted by molar-refractivity contribution is 7.81. The first-order chi connectivity index (χ1) is 20.4. The Morgan fingerprint density at radius 1 is 0.644 bits per heavy atom. The highest BCUT2D eigenvalue weighted by Gasteiger charge is 2.64. The fourth-order valence-corrected chi connectivity index (χ4v) is 12.1. The van der Waals surface area contributed by atoms with Crippen LogP contribution >= 0.6 is 0 Å². The summed E-state index contributed by atoms with van der Waals surface area (Å²) in [6.45, 7) is 15.3. The summed E-state index contributed by atoms with van der Waals surface area (Å²) >= 11 is 0. The van der Waals surface area contributed by atoms with Crippen LogP contribution in [0.4, 0.5) is 0 Å². The van der Waals surface area contributed by atoms with Gasteiger partial charge in [0.25, 0.3) is 0 Å². The highest BCUT2D eigenvalue weighted by atomic mass is 32.3. The van der Waals surface area contributed by atoms with Crippen LogP contribution < -0.4 is 0 Å². The molecule has 4 aliphatic rings. The van der Waals surface area contributed by atoms with Crippen molar-refractivity contribution in [2.24, 2.45) is 64.1 Å². The van der Waals surface area contributed by atoms with E-state index in [1.54, 1.807) is 0 Å². The van der Waals surface area contributed by atoms with Crippen LogP contribution in [0.25, 0.3) is 0 Å². The molecule has 12 nitrogen and oxygen atoms in total. The Hall–Kier alpha value is -0.650. The van der Waals surface area contributed by atoms with Gasteiger partial charge in [0.15, 0.2) is 0 Å². The van der Waals surface area contributed by atoms with E-state index in [-0.39, 0.29) is 42.4 Å². The summed E-state index contributed by atoms with van der Waals surface area (Å²) in [6.07, 6.45) is 3.43. The van der Waals surface area contributed by atoms with Crippen LogP contribution in [0, 0.1) is 64.1 Å². The molecule has 0 radical (unpaired) electrons. The maximum atomic E-state index is 11.9. The van der Waals surface area contributed by atoms with E-state index < -0.39 is 60.8 Å². The molecule has 0 saturated heterocycles. The number of rotatable bonds is 11. The molecule has 0 N–H and O–H groups in total. The lowest BCUT2D eigenvalue weighted by atomic mass is 9.43. The highest BCUT2D eigenvalue weighted by Crippen LogP contribution is 2.69. The quantitative estimate of drug-likeness (QED) is 0.166. The Balaban J connectivity index is 1.69. The fourth-order valence-electron chi connectivity index (χ4n) is 10.6. The van der Waals surface area contributed by atoms with Gasteiger partial charge in [0.2, 0.25) is 31.2 Å². The Labute approximate surface area is 269 Å². The zero-order valence-electron chi connectivity index (χ0n) is 27.2. The van der Waals surface area contributed by atoms with Gasteiger partial charge in [-0.1, -0.05) is 60.6 Å². The summed E-state index contributed by atoms with van der Waals surface area (Å²) in [6, 6.07) is 0. The lowest BCUT2D eigenvalue weighted by Gasteiger charge is -2.63. The van der Waals surface area contributed by atoms with Gasteiger partial charge in [0.1, 0.15) is 12.2 Å². The minimum absolute atomic E-state index is 0.0780. The summed E-state index contributed by atoms with van der Waals surface area (Å²) in [7, 11) is -15.9. The summed E-state index contributed by atoms with van der Waals surface area (Å²) in [5.41, 5.74) is -0.988. The van der Waals surface area contributed by atoms with Gasteiger partial charge in [0.05, 0.1) is 6.10 Å². The van der Waals surface area contributed by atoms with Crippen molar-refractivity contribution in [1.82, 2.24) is 0 Å². The van der Waals surface area contributed by atoms with E-state index in [1.807, 2.05) is 6.92 Å². The summed E-state index contributed by atoms with van der Waals surface area (Å²) in [5, 5.41) is 0. The first kappa shape index (κ1) is 37.2. The third-order valence-electron chi connectivity index (χ3n) is 12.2. The monoisotopic (exact) mass is 697 g/mol. The van der Waals surface area contributed by atoms with Crippen LogP contribution in [0.1, 0.15) is 93.4 Å². The molecule has 0 amide bonds. The van der Waals surface area contributed by atoms with Crippen molar-refractivity contribution >= 4 is 31.2 Å². The molecule has 4 aliphatic carbocycles. The predicted molar refractivity (Wildman–Crippen MR) is 161 cm³/mol. The molecule has 11 atom stereocenters. The Kier molecular flexibility index (Phi) is 10.7. The van der Waals surface area contributed by atoms with Crippen LogP contribution in [-0.2, 0) is 43.7 Å². The van der Waals surface area contributed by atoms with Crippen LogP contribution in [0.15, 0.2) is 12.2 Å². The normalized spacial score (nSPS) is 40.1. The van der Waals surface area contributed by atoms with Gasteiger partial charge in [0, 0.05) is 0 Å². The zero-order chi connectivity index (χ0) is 33.9. The van der Waals surface area contributed by atoms with Gasteiger partial charge in [-0.05, 0) is 109 Å². The maximum Gasteiger partial charge on any atom is 0.217 e. The van der Waals surface area contributed by atoms with Gasteiger partial charge in [-0.25, -0.2) is 25.3 Å². The van der Waals surface area contributed by atoms with Crippen molar-refractivity contribution in [2.45, 2.75) is 112 Å². The minimum atomic E-state index is -5.35. The zero-order valence-corrected chi connectivity index (χ0v) is 29.6. The van der Waals surface area contributed by atoms with E-state index in [9.17, 15) is 38.9 Å². The Morgan fingerprint density at radius 3 is 1.69 bits per heavy atom. The maximum absolute atomic E-state index is 11.9. The number of fused-ring (bicyclic) bond motifs is 5. The van der Waals surface area contributed by atoms with E-state index in [1.165, 1.54) is 0 Å². The van der Waals surface area contributed by atoms with Crippen LogP contribution in [0.3, 0.4) is 0 Å². The van der Waals surface area contributed by atoms with E-state index in [0.29, 0.717) is 29.6 Å². The van der Waals surface area contributed by atoms with Crippen molar-refractivity contribution in [2.75, 3.05) is 0 Å². The largest absolute Gasteiger partial charge is 0.726 e. The average molecular weight is 698 g/mol. The fraction of sp³-hybridized carbons (Fsp3) is 0.933. The van der Waals surface area contributed by atoms with Gasteiger partial charge in [-0.15, -0.1) is 0 Å². The van der Waals surface area contributed by atoms with Crippen molar-refractivity contribution in [3.63, 3.8) is 0 Å². The second-order valence-corrected chi connectivity index (χ2v) is 18.4. The van der Waals surface area contributed by atoms with Crippen LogP contribution in [0.2, 0.25) is 0 Å². The summed E-state index contributed by atoms with van der Waals surface area (Å²) in [4.78, 5) is 0. The van der Waals surface area contributed by atoms with Crippen molar-refractivity contribution in [3.05, 3.63) is 12.2 Å². The van der Waals surface area contributed by atoms with Gasteiger partial charge >= 0.3 is 0 Å². The van der Waals surface area contributed by atoms with Gasteiger partial charge in [-0.3, -0.25) is 12.5 Å². The van der Waals surface area contributed by atoms with Crippen molar-refractivity contribution in [1.29, 1.82) is 0 Å². The van der Waals surface area contributed by atoms with Crippen LogP contribution in [0.5, 0.6) is 0 Å². The molecule has 15 heteroatoms. The molecule has 0 aromatic carbocycles. The Morgan fingerprint density at radius 2 is 1.16 bits per heavy atom. The molecule has 0 bridgehead atoms. The first-order valence-corrected chi connectivity index (χ1v) is 20.1. The average Bonchev–Trinajstić information content (AvgIpc) is 3.19. The summed E-state index contributed by atoms with van der Waals surface area (Å²) < 4.78 is 120. The van der Waals surface area contributed by atoms with Crippen molar-refractivity contribution in [3.8, 4) is 0 Å². The van der Waals surface area contributed by atoms with Crippen LogP contribution in [-0.4, -0.2) is 57.2 Å². The predicted octanol–water partition coefficient (Wildman–Crippen LogP) is 4.52. The third kappa shape index (κ3) is 8.15. The first-order valence-electron chi connectivity index (χ1n) is 16.1. The molecule has 0 aliphatic heterocycles. The number of hydrogen-bond donors (Lipinski definition) is 0. The van der Waals surface area contributed by atoms with Crippen molar-refractivity contribution < 1.29 is 51.5 Å². The van der Waals surface area contributed by atoms with Gasteiger partial charge < -0.3 is 13.7 Å². The lowest BCUT2D eigenvalue weighted by molar-refractivity contribution is -0.183. The molecule has 0 spiro atoms. The second kappa shape index (κ2) is 13.0. The standard InChI is InChI=1S/C30H52O12S3/c1-17(2)20(18(3)4)9-8-19(5)22-10-11-23-21-14-26(40-43(31,32)33)25-15-27(41-44(34,35)36)28(42-45(37,38)39)16-30(25,7)24(21)12-13-29(22,23)6/h8-9,17-28H,10-16H2,1-7H3,(H,31,32,33)(H,34,35,36)(H,37,38,39)/p-3/b9-8-/t19-,21+,22-,23+,24+,25-,26+,27+,28+,29-,30-/m1/s1. The second-order valence-electron chi connectivity index (χ2n) is 15.3. The van der Waals surface area contributed by atoms with E-state index in [0.717, 1.165) is 25.7 Å². The minimum Gasteiger partial charge on any atom is -0.726 e. The topological polar surface area (TPSA) is 199 Å². The molecule has 4 saturated carbocycles. The molecule has 4 fully saturated rings. The van der Waals surface area contributed by atoms with Gasteiger partial charge in [-0.2, -0.15) is 0 Å². The molecule has 0 heterocycles. The molecule has 262 valence electrons. The molecule has 0 aromatic heterocycles. The molecule has 45 heavy (non-hydrogen) atoms. The van der Waals surface area contributed by atoms with E-state index >= 15 is 0 Å². The van der Waals surface area contributed by atoms with E-state index in [2.05, 4.69) is 57.9 Å². The Bertz CT molecular complexity index is 1420. The third-order valence-corrected chi connectivity index (χ3v) is 13.7. The number of allylic oxidation sites excluding steroid dienone is 2. The SMILES string of the molecule is CC(C)C(/C=C\[C@@H](C)[C@H]1CC[C@H]2[C@@H]3C[C@H](OS(=O)(=O)[O-])[C@H]4C[C@H](OS(=O)(=O)[O-])[C@@H](OS(=O)(=O)[O-])C[C@]4(C)[C@H]3CC[C@]12C)C(C)C. The molecule has 0 aromatic rings. The van der Waals surface area contributed by atoms with E-state index in [4.69, 9.17) is 8.37 Å². The summed E-state index contributed by atoms with van der Waals surface area (Å²) in [5.74, 6) is 1.38. The molecule has 0 unspecified atom stereocenters. The molecule has 4 rings (SSSR count). The lowest BCUT2D eigenvalue weighted by Crippen LogP contribution is -2.62. The molecular weight excluding hydrogens is 649 g/mol. The molecular formula is C30H49O12S3-3. The number of hydrogen-bond acceptors (Lipinski definition) is 12. The smallest absolute Gasteiger partial charge is 0.217 e.